The Morgan fingerprint density at radius 2 is 2.05 bits per heavy atom. The number of hydrogen-bond donors (Lipinski definition) is 2. The number of carbonyl (C=O) groups is 3. The number of carbonyl (C=O) groups excluding carboxylic acids is 2. The average molecular weight is 288 g/mol. The Bertz CT molecular complexity index is 603. The number of anilines is 1. The van der Waals surface area contributed by atoms with Crippen LogP contribution in [0.4, 0.5) is 5.69 Å². The molecule has 2 atom stereocenters. The molecular formula is C15H16N2O4. The highest BCUT2D eigenvalue weighted by atomic mass is 16.4. The standard InChI is InChI=1S/C15H16N2O4/c18-13-6-5-10(8-16-13)14(19)17-11-4-2-1-3-9(11)7-12(17)15(20)21/h1-4,10,12H,5-8H2,(H,16,18)(H,20,21). The van der Waals surface area contributed by atoms with Crippen molar-refractivity contribution in [1.29, 1.82) is 0 Å². The van der Waals surface area contributed by atoms with Gasteiger partial charge in [0, 0.05) is 25.1 Å². The highest BCUT2D eigenvalue weighted by Crippen LogP contribution is 2.34. The molecule has 6 heteroatoms. The first-order valence-electron chi connectivity index (χ1n) is 6.98. The molecule has 1 fully saturated rings. The van der Waals surface area contributed by atoms with E-state index in [0.29, 0.717) is 24.9 Å². The van der Waals surface area contributed by atoms with Gasteiger partial charge in [-0.3, -0.25) is 14.5 Å². The van der Waals surface area contributed by atoms with Gasteiger partial charge in [0.05, 0.1) is 5.92 Å². The Labute approximate surface area is 121 Å². The zero-order valence-electron chi connectivity index (χ0n) is 11.4. The predicted molar refractivity (Wildman–Crippen MR) is 74.8 cm³/mol. The second-order valence-corrected chi connectivity index (χ2v) is 5.43. The molecule has 1 aromatic carbocycles. The molecule has 2 N–H and O–H groups in total. The summed E-state index contributed by atoms with van der Waals surface area (Å²) in [5.74, 6) is -1.63. The SMILES string of the molecule is O=C1CCC(C(=O)N2c3ccccc3CC2C(=O)O)CN1. The fourth-order valence-corrected chi connectivity index (χ4v) is 3.00. The summed E-state index contributed by atoms with van der Waals surface area (Å²) < 4.78 is 0. The molecule has 21 heavy (non-hydrogen) atoms. The zero-order chi connectivity index (χ0) is 15.0. The smallest absolute Gasteiger partial charge is 0.327 e. The number of carboxylic acids is 1. The predicted octanol–water partition coefficient (Wildman–Crippen LogP) is 0.555. The van der Waals surface area contributed by atoms with Crippen molar-refractivity contribution in [2.24, 2.45) is 5.92 Å². The Kier molecular flexibility index (Phi) is 3.37. The maximum atomic E-state index is 12.7. The molecule has 0 saturated carbocycles. The number of fused-ring (bicyclic) bond motifs is 1. The summed E-state index contributed by atoms with van der Waals surface area (Å²) in [6.45, 7) is 0.280. The first kappa shape index (κ1) is 13.6. The van der Waals surface area contributed by atoms with Crippen LogP contribution in [0.25, 0.3) is 0 Å². The van der Waals surface area contributed by atoms with Crippen LogP contribution in [-0.2, 0) is 20.8 Å². The van der Waals surface area contributed by atoms with Crippen LogP contribution in [-0.4, -0.2) is 35.5 Å². The van der Waals surface area contributed by atoms with Crippen molar-refractivity contribution in [3.63, 3.8) is 0 Å². The molecule has 2 unspecified atom stereocenters. The van der Waals surface area contributed by atoms with Crippen molar-refractivity contribution in [2.75, 3.05) is 11.4 Å². The van der Waals surface area contributed by atoms with Crippen LogP contribution in [0.1, 0.15) is 18.4 Å². The van der Waals surface area contributed by atoms with Crippen LogP contribution >= 0.6 is 0 Å². The van der Waals surface area contributed by atoms with E-state index < -0.39 is 12.0 Å². The lowest BCUT2D eigenvalue weighted by molar-refractivity contribution is -0.140. The van der Waals surface area contributed by atoms with Crippen LogP contribution in [0.5, 0.6) is 0 Å². The van der Waals surface area contributed by atoms with E-state index in [2.05, 4.69) is 5.32 Å². The molecule has 0 aliphatic carbocycles. The van der Waals surface area contributed by atoms with Gasteiger partial charge in [0.1, 0.15) is 6.04 Å². The second kappa shape index (κ2) is 5.20. The lowest BCUT2D eigenvalue weighted by atomic mass is 9.97. The minimum atomic E-state index is -1.00. The third kappa shape index (κ3) is 2.37. The summed E-state index contributed by atoms with van der Waals surface area (Å²) in [7, 11) is 0. The van der Waals surface area contributed by atoms with Crippen molar-refractivity contribution in [2.45, 2.75) is 25.3 Å². The van der Waals surface area contributed by atoms with Gasteiger partial charge >= 0.3 is 5.97 Å². The molecule has 2 aliphatic rings. The fourth-order valence-electron chi connectivity index (χ4n) is 3.00. The minimum Gasteiger partial charge on any atom is -0.480 e. The van der Waals surface area contributed by atoms with Gasteiger partial charge in [-0.25, -0.2) is 4.79 Å². The van der Waals surface area contributed by atoms with E-state index in [1.165, 1.54) is 4.90 Å². The largest absolute Gasteiger partial charge is 0.480 e. The summed E-state index contributed by atoms with van der Waals surface area (Å²) in [6, 6.07) is 6.41. The summed E-state index contributed by atoms with van der Waals surface area (Å²) in [6.07, 6.45) is 1.11. The average Bonchev–Trinajstić information content (AvgIpc) is 2.87. The van der Waals surface area contributed by atoms with Crippen LogP contribution < -0.4 is 10.2 Å². The molecule has 3 rings (SSSR count). The Balaban J connectivity index is 1.89. The number of piperidine rings is 1. The van der Waals surface area contributed by atoms with Gasteiger partial charge in [-0.2, -0.15) is 0 Å². The van der Waals surface area contributed by atoms with E-state index >= 15 is 0 Å². The van der Waals surface area contributed by atoms with E-state index in [4.69, 9.17) is 0 Å². The topological polar surface area (TPSA) is 86.7 Å². The van der Waals surface area contributed by atoms with E-state index in [-0.39, 0.29) is 24.3 Å². The number of aliphatic carboxylic acids is 1. The number of carboxylic acid groups (broad SMARTS) is 1. The molecule has 1 aromatic rings. The third-order valence-electron chi connectivity index (χ3n) is 4.11. The maximum absolute atomic E-state index is 12.7. The maximum Gasteiger partial charge on any atom is 0.327 e. The van der Waals surface area contributed by atoms with Gasteiger partial charge in [-0.15, -0.1) is 0 Å². The molecule has 1 saturated heterocycles. The number of nitrogens with one attached hydrogen (secondary N) is 1. The zero-order valence-corrected chi connectivity index (χ0v) is 11.4. The number of para-hydroxylation sites is 1. The summed E-state index contributed by atoms with van der Waals surface area (Å²) in [5.41, 5.74) is 1.55. The van der Waals surface area contributed by atoms with Gasteiger partial charge in [0.25, 0.3) is 0 Å². The van der Waals surface area contributed by atoms with Crippen LogP contribution in [0.15, 0.2) is 24.3 Å². The number of rotatable bonds is 2. The number of hydrogen-bond acceptors (Lipinski definition) is 3. The van der Waals surface area contributed by atoms with Gasteiger partial charge in [0.2, 0.25) is 11.8 Å². The summed E-state index contributed by atoms with van der Waals surface area (Å²) >= 11 is 0. The first-order chi connectivity index (χ1) is 10.1. The second-order valence-electron chi connectivity index (χ2n) is 5.43. The van der Waals surface area contributed by atoms with Gasteiger partial charge in [-0.05, 0) is 18.1 Å². The lowest BCUT2D eigenvalue weighted by Gasteiger charge is -2.29. The summed E-state index contributed by atoms with van der Waals surface area (Å²) in [4.78, 5) is 36.7. The molecule has 110 valence electrons. The third-order valence-corrected chi connectivity index (χ3v) is 4.11. The Morgan fingerprint density at radius 3 is 2.71 bits per heavy atom. The van der Waals surface area contributed by atoms with Gasteiger partial charge < -0.3 is 10.4 Å². The van der Waals surface area contributed by atoms with E-state index in [1.807, 2.05) is 12.1 Å². The highest BCUT2D eigenvalue weighted by molar-refractivity contribution is 6.03. The summed E-state index contributed by atoms with van der Waals surface area (Å²) in [5, 5.41) is 12.1. The fraction of sp³-hybridized carbons (Fsp3) is 0.400. The molecule has 0 bridgehead atoms. The molecule has 2 amide bonds. The van der Waals surface area contributed by atoms with E-state index in [9.17, 15) is 19.5 Å². The van der Waals surface area contributed by atoms with Gasteiger partial charge in [0.15, 0.2) is 0 Å². The number of amides is 2. The van der Waals surface area contributed by atoms with E-state index in [0.717, 1.165) is 5.56 Å². The minimum absolute atomic E-state index is 0.0596. The normalized spacial score (nSPS) is 24.4. The molecule has 6 nitrogen and oxygen atoms in total. The molecule has 2 heterocycles. The highest BCUT2D eigenvalue weighted by Gasteiger charge is 2.41. The van der Waals surface area contributed by atoms with Crippen molar-refractivity contribution < 1.29 is 19.5 Å². The van der Waals surface area contributed by atoms with Crippen LogP contribution in [0.2, 0.25) is 0 Å². The van der Waals surface area contributed by atoms with Crippen molar-refractivity contribution in [3.8, 4) is 0 Å². The number of benzene rings is 1. The molecule has 0 spiro atoms. The molecule has 0 aromatic heterocycles. The first-order valence-corrected chi connectivity index (χ1v) is 6.98. The monoisotopic (exact) mass is 288 g/mol. The van der Waals surface area contributed by atoms with Crippen molar-refractivity contribution in [1.82, 2.24) is 5.32 Å². The molecule has 0 radical (unpaired) electrons. The van der Waals surface area contributed by atoms with Gasteiger partial charge in [-0.1, -0.05) is 18.2 Å². The van der Waals surface area contributed by atoms with Crippen molar-refractivity contribution in [3.05, 3.63) is 29.8 Å². The van der Waals surface area contributed by atoms with E-state index in [1.54, 1.807) is 12.1 Å². The number of nitrogens with zero attached hydrogens (tertiary/aromatic N) is 1. The Morgan fingerprint density at radius 1 is 1.29 bits per heavy atom. The van der Waals surface area contributed by atoms with Crippen molar-refractivity contribution >= 4 is 23.5 Å². The van der Waals surface area contributed by atoms with Crippen LogP contribution in [0.3, 0.4) is 0 Å². The Hall–Kier alpha value is -2.37. The van der Waals surface area contributed by atoms with Crippen LogP contribution in [0, 0.1) is 5.92 Å². The lowest BCUT2D eigenvalue weighted by Crippen LogP contribution is -2.49. The molecular weight excluding hydrogens is 272 g/mol. The quantitative estimate of drug-likeness (QED) is 0.832. The molecule has 2 aliphatic heterocycles.